The first kappa shape index (κ1) is 18.7. The first-order valence-corrected chi connectivity index (χ1v) is 10.4. The van der Waals surface area contributed by atoms with Gasteiger partial charge in [0.1, 0.15) is 0 Å². The molecule has 4 rings (SSSR count). The van der Waals surface area contributed by atoms with Crippen molar-refractivity contribution in [3.8, 4) is 0 Å². The number of imidazole rings is 1. The molecule has 5 nitrogen and oxygen atoms in total. The van der Waals surface area contributed by atoms with Gasteiger partial charge >= 0.3 is 6.18 Å². The molecule has 3 aromatic heterocycles. The average molecular weight is 416 g/mol. The van der Waals surface area contributed by atoms with Crippen LogP contribution in [0.3, 0.4) is 0 Å². The molecule has 0 bridgehead atoms. The Morgan fingerprint density at radius 2 is 1.93 bits per heavy atom. The highest BCUT2D eigenvalue weighted by Crippen LogP contribution is 2.37. The maximum absolute atomic E-state index is 12.8. The molecule has 1 fully saturated rings. The predicted molar refractivity (Wildman–Crippen MR) is 101 cm³/mol. The van der Waals surface area contributed by atoms with Gasteiger partial charge in [-0.1, -0.05) is 32.1 Å². The number of rotatable bonds is 2. The van der Waals surface area contributed by atoms with Crippen LogP contribution in [0.15, 0.2) is 11.6 Å². The SMILES string of the molecule is CC(C)(C)c1cn2nc(N3CCCC(c4nc(C(F)(F)F)cs4)C3)sc2n1. The van der Waals surface area contributed by atoms with Gasteiger partial charge in [0.2, 0.25) is 10.1 Å². The van der Waals surface area contributed by atoms with Crippen LogP contribution < -0.4 is 4.90 Å². The molecule has 1 aliphatic heterocycles. The van der Waals surface area contributed by atoms with E-state index in [1.807, 2.05) is 6.20 Å². The van der Waals surface area contributed by atoms with Crippen LogP contribution in [0.25, 0.3) is 4.96 Å². The molecule has 0 saturated carbocycles. The Bertz CT molecular complexity index is 918. The lowest BCUT2D eigenvalue weighted by Crippen LogP contribution is -2.34. The predicted octanol–water partition coefficient (Wildman–Crippen LogP) is 4.95. The van der Waals surface area contributed by atoms with E-state index >= 15 is 0 Å². The number of hydrogen-bond acceptors (Lipinski definition) is 6. The zero-order valence-corrected chi connectivity index (χ0v) is 16.9. The second-order valence-corrected chi connectivity index (χ2v) is 9.67. The lowest BCUT2D eigenvalue weighted by atomic mass is 9.93. The largest absolute Gasteiger partial charge is 0.434 e. The molecule has 1 unspecified atom stereocenters. The lowest BCUT2D eigenvalue weighted by Gasteiger charge is -2.31. The number of anilines is 1. The van der Waals surface area contributed by atoms with Gasteiger partial charge in [-0.2, -0.15) is 13.2 Å². The number of hydrogen-bond donors (Lipinski definition) is 0. The van der Waals surface area contributed by atoms with Gasteiger partial charge in [0.05, 0.1) is 16.9 Å². The lowest BCUT2D eigenvalue weighted by molar-refractivity contribution is -0.140. The van der Waals surface area contributed by atoms with Crippen LogP contribution in [0.5, 0.6) is 0 Å². The Morgan fingerprint density at radius 1 is 1.15 bits per heavy atom. The second-order valence-electron chi connectivity index (χ2n) is 7.84. The molecule has 0 spiro atoms. The Balaban J connectivity index is 1.53. The maximum atomic E-state index is 12.8. The summed E-state index contributed by atoms with van der Waals surface area (Å²) in [5, 5.41) is 7.17. The van der Waals surface area contributed by atoms with Crippen molar-refractivity contribution in [3.63, 3.8) is 0 Å². The third-order valence-electron chi connectivity index (χ3n) is 4.65. The summed E-state index contributed by atoms with van der Waals surface area (Å²) in [4.78, 5) is 11.5. The van der Waals surface area contributed by atoms with Crippen molar-refractivity contribution in [2.75, 3.05) is 18.0 Å². The molecule has 4 heterocycles. The van der Waals surface area contributed by atoms with Gasteiger partial charge < -0.3 is 4.90 Å². The minimum Gasteiger partial charge on any atom is -0.346 e. The highest BCUT2D eigenvalue weighted by Gasteiger charge is 2.35. The fourth-order valence-electron chi connectivity index (χ4n) is 3.14. The monoisotopic (exact) mass is 415 g/mol. The summed E-state index contributed by atoms with van der Waals surface area (Å²) in [6, 6.07) is 0. The first-order valence-electron chi connectivity index (χ1n) is 8.75. The number of thiazole rings is 1. The minimum absolute atomic E-state index is 0.00112. The molecule has 1 saturated heterocycles. The van der Waals surface area contributed by atoms with Gasteiger partial charge in [-0.15, -0.1) is 16.4 Å². The molecule has 3 aromatic rings. The molecular weight excluding hydrogens is 395 g/mol. The van der Waals surface area contributed by atoms with E-state index in [0.717, 1.165) is 51.9 Å². The van der Waals surface area contributed by atoms with Crippen molar-refractivity contribution in [2.24, 2.45) is 0 Å². The minimum atomic E-state index is -4.38. The van der Waals surface area contributed by atoms with Crippen LogP contribution >= 0.6 is 22.7 Å². The Kier molecular flexibility index (Phi) is 4.45. The summed E-state index contributed by atoms with van der Waals surface area (Å²) in [5.41, 5.74) is 0.166. The van der Waals surface area contributed by atoms with Crippen LogP contribution in [0, 0.1) is 0 Å². The molecule has 0 aromatic carbocycles. The van der Waals surface area contributed by atoms with Gasteiger partial charge in [0.25, 0.3) is 0 Å². The second kappa shape index (κ2) is 6.44. The highest BCUT2D eigenvalue weighted by atomic mass is 32.1. The quantitative estimate of drug-likeness (QED) is 0.594. The summed E-state index contributed by atoms with van der Waals surface area (Å²) in [5.74, 6) is 0.00112. The molecule has 1 aliphatic rings. The fourth-order valence-corrected chi connectivity index (χ4v) is 5.01. The number of nitrogens with zero attached hydrogens (tertiary/aromatic N) is 5. The molecular formula is C17H20F3N5S2. The highest BCUT2D eigenvalue weighted by molar-refractivity contribution is 7.20. The maximum Gasteiger partial charge on any atom is 0.434 e. The van der Waals surface area contributed by atoms with Gasteiger partial charge in [0.15, 0.2) is 5.69 Å². The fraction of sp³-hybridized carbons (Fsp3) is 0.588. The third kappa shape index (κ3) is 3.69. The van der Waals surface area contributed by atoms with Crippen molar-refractivity contribution in [1.29, 1.82) is 0 Å². The summed E-state index contributed by atoms with van der Waals surface area (Å²) >= 11 is 2.62. The van der Waals surface area contributed by atoms with Crippen molar-refractivity contribution in [2.45, 2.75) is 51.1 Å². The van der Waals surface area contributed by atoms with Crippen molar-refractivity contribution in [1.82, 2.24) is 19.6 Å². The van der Waals surface area contributed by atoms with Gasteiger partial charge in [-0.05, 0) is 12.8 Å². The Hall–Kier alpha value is -1.68. The van der Waals surface area contributed by atoms with E-state index in [4.69, 9.17) is 0 Å². The molecule has 1 atom stereocenters. The smallest absolute Gasteiger partial charge is 0.346 e. The van der Waals surface area contributed by atoms with Gasteiger partial charge in [-0.25, -0.2) is 14.5 Å². The normalized spacial score (nSPS) is 19.2. The van der Waals surface area contributed by atoms with Gasteiger partial charge in [0, 0.05) is 29.8 Å². The van der Waals surface area contributed by atoms with Gasteiger partial charge in [-0.3, -0.25) is 0 Å². The van der Waals surface area contributed by atoms with Crippen molar-refractivity contribution >= 4 is 32.8 Å². The van der Waals surface area contributed by atoms with Crippen molar-refractivity contribution < 1.29 is 13.2 Å². The van der Waals surface area contributed by atoms with Crippen LogP contribution in [0.1, 0.15) is 55.9 Å². The summed E-state index contributed by atoms with van der Waals surface area (Å²) in [7, 11) is 0. The Labute approximate surface area is 162 Å². The summed E-state index contributed by atoms with van der Waals surface area (Å²) in [6.07, 6.45) is -0.680. The number of halogens is 3. The molecule has 27 heavy (non-hydrogen) atoms. The molecule has 0 radical (unpaired) electrons. The van der Waals surface area contributed by atoms with E-state index in [1.54, 1.807) is 4.52 Å². The summed E-state index contributed by atoms with van der Waals surface area (Å²) < 4.78 is 40.3. The third-order valence-corrected chi connectivity index (χ3v) is 6.65. The molecule has 0 amide bonds. The van der Waals surface area contributed by atoms with Crippen molar-refractivity contribution in [3.05, 3.63) is 28.0 Å². The number of fused-ring (bicyclic) bond motifs is 1. The zero-order valence-electron chi connectivity index (χ0n) is 15.2. The molecule has 0 aliphatic carbocycles. The Morgan fingerprint density at radius 3 is 2.56 bits per heavy atom. The number of piperidine rings is 1. The van der Waals surface area contributed by atoms with Crippen LogP contribution in [0.4, 0.5) is 18.3 Å². The van der Waals surface area contributed by atoms with E-state index in [9.17, 15) is 13.2 Å². The average Bonchev–Trinajstić information content (AvgIpc) is 3.27. The van der Waals surface area contributed by atoms with E-state index in [-0.39, 0.29) is 11.3 Å². The van der Waals surface area contributed by atoms with E-state index < -0.39 is 11.9 Å². The van der Waals surface area contributed by atoms with E-state index in [2.05, 4.69) is 40.7 Å². The van der Waals surface area contributed by atoms with Crippen LogP contribution in [-0.4, -0.2) is 32.7 Å². The van der Waals surface area contributed by atoms with E-state index in [0.29, 0.717) is 11.6 Å². The first-order chi connectivity index (χ1) is 12.6. The standard InChI is InChI=1S/C17H20F3N5S2/c1-16(2,3)11-8-25-14(22-11)27-15(23-25)24-6-4-5-10(7-24)13-21-12(9-26-13)17(18,19)20/h8-10H,4-7H2,1-3H3. The number of aromatic nitrogens is 4. The zero-order chi connectivity index (χ0) is 19.4. The molecule has 146 valence electrons. The molecule has 10 heteroatoms. The topological polar surface area (TPSA) is 46.3 Å². The summed E-state index contributed by atoms with van der Waals surface area (Å²) in [6.45, 7) is 7.81. The van der Waals surface area contributed by atoms with Crippen LogP contribution in [0.2, 0.25) is 0 Å². The van der Waals surface area contributed by atoms with Crippen LogP contribution in [-0.2, 0) is 11.6 Å². The number of alkyl halides is 3. The molecule has 0 N–H and O–H groups in total. The van der Waals surface area contributed by atoms with E-state index in [1.165, 1.54) is 11.3 Å².